The molecule has 0 saturated heterocycles. The standard InChI is InChI=1S/C30H50NO7P/c1-5-6-7-8-9-10-11-12-13-14-15-16-17-18-19-20-21-22-23-24-30(33)38-29(27-32)28-37-39(34,35)36-26-25-31(2,3)4/h6-7,9-10,12-13,15-16,18-19,21-22,29,32H,5,8,11,14,17,20,23-28H2,1-4H3/p+1/b7-6-,10-9-,13-12-,16-15-,19-18-,22-21-/t29-/m1/s1. The van der Waals surface area contributed by atoms with Crippen LogP contribution in [0.15, 0.2) is 72.9 Å². The molecule has 0 aromatic heterocycles. The van der Waals surface area contributed by atoms with Gasteiger partial charge in [-0.15, -0.1) is 0 Å². The number of hydrogen-bond acceptors (Lipinski definition) is 6. The Hall–Kier alpha value is -2.06. The summed E-state index contributed by atoms with van der Waals surface area (Å²) < 4.78 is 27.4. The molecular formula is C30H51NO7P+. The Bertz CT molecular complexity index is 854. The van der Waals surface area contributed by atoms with E-state index < -0.39 is 33.1 Å². The lowest BCUT2D eigenvalue weighted by atomic mass is 10.2. The Morgan fingerprint density at radius 2 is 1.26 bits per heavy atom. The monoisotopic (exact) mass is 568 g/mol. The minimum Gasteiger partial charge on any atom is -0.457 e. The molecule has 0 fully saturated rings. The second-order valence-corrected chi connectivity index (χ2v) is 11.3. The van der Waals surface area contributed by atoms with Crippen molar-refractivity contribution in [2.24, 2.45) is 0 Å². The number of carbonyl (C=O) groups excluding carboxylic acids is 1. The largest absolute Gasteiger partial charge is 0.472 e. The number of esters is 1. The lowest BCUT2D eigenvalue weighted by molar-refractivity contribution is -0.870. The number of hydrogen-bond donors (Lipinski definition) is 2. The van der Waals surface area contributed by atoms with Crippen molar-refractivity contribution in [2.45, 2.75) is 64.4 Å². The highest BCUT2D eigenvalue weighted by Crippen LogP contribution is 2.43. The summed E-state index contributed by atoms with van der Waals surface area (Å²) >= 11 is 0. The van der Waals surface area contributed by atoms with E-state index in [9.17, 15) is 19.4 Å². The number of carbonyl (C=O) groups is 1. The first-order valence-corrected chi connectivity index (χ1v) is 15.2. The fraction of sp³-hybridized carbons (Fsp3) is 0.567. The zero-order valence-corrected chi connectivity index (χ0v) is 25.2. The van der Waals surface area contributed by atoms with Crippen LogP contribution >= 0.6 is 7.82 Å². The number of aliphatic hydroxyl groups is 1. The van der Waals surface area contributed by atoms with Crippen LogP contribution in [0.5, 0.6) is 0 Å². The minimum absolute atomic E-state index is 0.0345. The van der Waals surface area contributed by atoms with E-state index in [0.29, 0.717) is 17.4 Å². The molecule has 0 radical (unpaired) electrons. The van der Waals surface area contributed by atoms with Gasteiger partial charge < -0.3 is 19.2 Å². The fourth-order valence-corrected chi connectivity index (χ4v) is 3.60. The van der Waals surface area contributed by atoms with E-state index >= 15 is 0 Å². The van der Waals surface area contributed by atoms with Crippen LogP contribution in [0, 0.1) is 0 Å². The maximum Gasteiger partial charge on any atom is 0.472 e. The predicted molar refractivity (Wildman–Crippen MR) is 159 cm³/mol. The van der Waals surface area contributed by atoms with Gasteiger partial charge in [0.2, 0.25) is 0 Å². The molecule has 8 nitrogen and oxygen atoms in total. The summed E-state index contributed by atoms with van der Waals surface area (Å²) in [6.07, 6.45) is 30.6. The Labute approximate surface area is 236 Å². The second-order valence-electron chi connectivity index (χ2n) is 9.86. The molecule has 222 valence electrons. The third-order valence-electron chi connectivity index (χ3n) is 5.05. The zero-order valence-electron chi connectivity index (χ0n) is 24.3. The van der Waals surface area contributed by atoms with E-state index in [0.717, 1.165) is 38.5 Å². The number of phosphoric acid groups is 1. The predicted octanol–water partition coefficient (Wildman–Crippen LogP) is 6.21. The van der Waals surface area contributed by atoms with Gasteiger partial charge in [0.05, 0.1) is 34.4 Å². The third kappa shape index (κ3) is 27.3. The van der Waals surface area contributed by atoms with Crippen LogP contribution in [0.3, 0.4) is 0 Å². The Morgan fingerprint density at radius 3 is 1.69 bits per heavy atom. The smallest absolute Gasteiger partial charge is 0.457 e. The highest BCUT2D eigenvalue weighted by molar-refractivity contribution is 7.47. The second kappa shape index (κ2) is 23.8. The van der Waals surface area contributed by atoms with Crippen LogP contribution in [0.4, 0.5) is 0 Å². The molecule has 2 N–H and O–H groups in total. The number of nitrogens with zero attached hydrogens (tertiary/aromatic N) is 1. The Balaban J connectivity index is 3.95. The minimum atomic E-state index is -4.29. The summed E-state index contributed by atoms with van der Waals surface area (Å²) in [4.78, 5) is 21.7. The number of phosphoric ester groups is 1. The summed E-state index contributed by atoms with van der Waals surface area (Å²) in [6, 6.07) is 0. The average Bonchev–Trinajstić information content (AvgIpc) is 2.87. The molecule has 0 saturated carbocycles. The molecule has 0 spiro atoms. The molecule has 1 unspecified atom stereocenters. The van der Waals surface area contributed by atoms with Crippen LogP contribution in [0.25, 0.3) is 0 Å². The van der Waals surface area contributed by atoms with Gasteiger partial charge in [-0.3, -0.25) is 13.8 Å². The summed E-state index contributed by atoms with van der Waals surface area (Å²) in [6.45, 7) is 1.73. The van der Waals surface area contributed by atoms with Crippen LogP contribution in [-0.2, 0) is 23.1 Å². The molecule has 9 heteroatoms. The molecule has 0 aromatic rings. The summed E-state index contributed by atoms with van der Waals surface area (Å²) in [7, 11) is 1.49. The zero-order chi connectivity index (χ0) is 29.2. The maximum atomic E-state index is 12.0. The first-order valence-electron chi connectivity index (χ1n) is 13.7. The van der Waals surface area contributed by atoms with Crippen LogP contribution in [0.1, 0.15) is 58.3 Å². The molecule has 0 aliphatic carbocycles. The first kappa shape index (κ1) is 36.9. The summed E-state index contributed by atoms with van der Waals surface area (Å²) in [5, 5.41) is 9.38. The molecule has 0 aliphatic heterocycles. The van der Waals surface area contributed by atoms with Crippen molar-refractivity contribution in [3.05, 3.63) is 72.9 Å². The van der Waals surface area contributed by atoms with Crippen molar-refractivity contribution >= 4 is 13.8 Å². The summed E-state index contributed by atoms with van der Waals surface area (Å²) in [5.41, 5.74) is 0. The van der Waals surface area contributed by atoms with Crippen LogP contribution < -0.4 is 0 Å². The normalized spacial score (nSPS) is 15.5. The van der Waals surface area contributed by atoms with E-state index in [1.807, 2.05) is 33.3 Å². The Morgan fingerprint density at radius 1 is 0.795 bits per heavy atom. The van der Waals surface area contributed by atoms with Crippen LogP contribution in [-0.4, -0.2) is 74.1 Å². The fourth-order valence-electron chi connectivity index (χ4n) is 2.85. The van der Waals surface area contributed by atoms with Gasteiger partial charge in [0.1, 0.15) is 19.3 Å². The number of aliphatic hydroxyl groups excluding tert-OH is 1. The van der Waals surface area contributed by atoms with Gasteiger partial charge >= 0.3 is 13.8 Å². The molecule has 0 aliphatic rings. The molecule has 0 amide bonds. The van der Waals surface area contributed by atoms with Crippen molar-refractivity contribution in [1.29, 1.82) is 0 Å². The third-order valence-corrected chi connectivity index (χ3v) is 6.04. The highest BCUT2D eigenvalue weighted by atomic mass is 31.2. The lowest BCUT2D eigenvalue weighted by Crippen LogP contribution is -2.37. The van der Waals surface area contributed by atoms with Crippen LogP contribution in [0.2, 0.25) is 0 Å². The Kier molecular flexibility index (Phi) is 22.5. The number of ether oxygens (including phenoxy) is 1. The topological polar surface area (TPSA) is 102 Å². The first-order chi connectivity index (χ1) is 18.6. The molecule has 0 aromatic carbocycles. The van der Waals surface area contributed by atoms with Gasteiger partial charge in [0.15, 0.2) is 0 Å². The number of allylic oxidation sites excluding steroid dienone is 12. The van der Waals surface area contributed by atoms with E-state index in [1.165, 1.54) is 0 Å². The lowest BCUT2D eigenvalue weighted by Gasteiger charge is -2.24. The summed E-state index contributed by atoms with van der Waals surface area (Å²) in [5.74, 6) is -0.518. The van der Waals surface area contributed by atoms with E-state index in [1.54, 1.807) is 0 Å². The van der Waals surface area contributed by atoms with Gasteiger partial charge in [-0.2, -0.15) is 0 Å². The molecule has 0 bridgehead atoms. The van der Waals surface area contributed by atoms with Gasteiger partial charge in [-0.25, -0.2) is 4.57 Å². The van der Waals surface area contributed by atoms with E-state index in [-0.39, 0.29) is 13.0 Å². The number of likely N-dealkylation sites (N-methyl/N-ethyl adjacent to an activating group) is 1. The molecule has 0 rings (SSSR count). The molecular weight excluding hydrogens is 517 g/mol. The molecule has 0 heterocycles. The van der Waals surface area contributed by atoms with Gasteiger partial charge in [0.25, 0.3) is 0 Å². The van der Waals surface area contributed by atoms with E-state index in [4.69, 9.17) is 13.8 Å². The van der Waals surface area contributed by atoms with Crippen molar-refractivity contribution in [1.82, 2.24) is 0 Å². The number of quaternary nitrogens is 1. The van der Waals surface area contributed by atoms with Crippen molar-refractivity contribution in [3.63, 3.8) is 0 Å². The molecule has 2 atom stereocenters. The SMILES string of the molecule is CC/C=C\C/C=C\C/C=C\C/C=C\C/C=C\C/C=C\CCC(=O)O[C@H](CO)COP(=O)(O)OCC[N+](C)(C)C. The highest BCUT2D eigenvalue weighted by Gasteiger charge is 2.25. The average molecular weight is 569 g/mol. The maximum absolute atomic E-state index is 12.0. The van der Waals surface area contributed by atoms with Crippen molar-refractivity contribution < 1.29 is 37.6 Å². The van der Waals surface area contributed by atoms with Gasteiger partial charge in [0, 0.05) is 6.42 Å². The van der Waals surface area contributed by atoms with E-state index in [2.05, 4.69) is 67.7 Å². The molecule has 39 heavy (non-hydrogen) atoms. The quantitative estimate of drug-likeness (QED) is 0.0654. The van der Waals surface area contributed by atoms with Gasteiger partial charge in [-0.1, -0.05) is 79.8 Å². The van der Waals surface area contributed by atoms with Crippen molar-refractivity contribution in [2.75, 3.05) is 47.5 Å². The van der Waals surface area contributed by atoms with Gasteiger partial charge in [-0.05, 0) is 44.9 Å². The van der Waals surface area contributed by atoms with Crippen molar-refractivity contribution in [3.8, 4) is 0 Å². The number of rotatable bonds is 23.